The van der Waals surface area contributed by atoms with E-state index >= 15 is 0 Å². The van der Waals surface area contributed by atoms with Gasteiger partial charge in [-0.05, 0) is 69.2 Å². The van der Waals surface area contributed by atoms with Crippen molar-refractivity contribution in [1.29, 1.82) is 0 Å². The minimum atomic E-state index is -4.69. The van der Waals surface area contributed by atoms with Gasteiger partial charge in [0, 0.05) is 47.5 Å². The molecule has 0 aromatic heterocycles. The fourth-order valence-corrected chi connectivity index (χ4v) is 7.56. The Morgan fingerprint density at radius 2 is 1.51 bits per heavy atom. The van der Waals surface area contributed by atoms with E-state index in [9.17, 15) is 34.4 Å². The first-order valence-electron chi connectivity index (χ1n) is 13.7. The summed E-state index contributed by atoms with van der Waals surface area (Å²) in [5.41, 5.74) is 3.24. The first kappa shape index (κ1) is 33.0. The molecule has 0 saturated carbocycles. The highest BCUT2D eigenvalue weighted by Gasteiger charge is 2.45. The summed E-state index contributed by atoms with van der Waals surface area (Å²) < 4.78 is 102. The molecule has 11 nitrogen and oxygen atoms in total. The van der Waals surface area contributed by atoms with Crippen molar-refractivity contribution in [3.63, 3.8) is 0 Å². The Balaban J connectivity index is 1.77. The summed E-state index contributed by atoms with van der Waals surface area (Å²) in [5.74, 6) is -0.385. The first-order valence-corrected chi connectivity index (χ1v) is 18.1. The minimum Gasteiger partial charge on any atom is -0.744 e. The molecule has 0 amide bonds. The van der Waals surface area contributed by atoms with Crippen molar-refractivity contribution in [3.05, 3.63) is 71.5 Å². The number of unbranched alkanes of at least 4 members (excludes halogenated alkanes) is 1. The number of rotatable bonds is 10. The zero-order chi connectivity index (χ0) is 32.2. The molecule has 2 aliphatic rings. The van der Waals surface area contributed by atoms with Gasteiger partial charge in [0.25, 0.3) is 20.2 Å². The summed E-state index contributed by atoms with van der Waals surface area (Å²) >= 11 is 0. The van der Waals surface area contributed by atoms with E-state index in [0.29, 0.717) is 30.8 Å². The number of fused-ring (bicyclic) bond motifs is 2. The van der Waals surface area contributed by atoms with Crippen molar-refractivity contribution < 1.29 is 43.5 Å². The Hall–Kier alpha value is -2.88. The third kappa shape index (κ3) is 6.49. The molecule has 2 heterocycles. The summed E-state index contributed by atoms with van der Waals surface area (Å²) in [6.07, 6.45) is 6.29. The van der Waals surface area contributed by atoms with Crippen LogP contribution in [0.3, 0.4) is 0 Å². The molecule has 4 rings (SSSR count). The molecule has 0 radical (unpaired) electrons. The normalized spacial score (nSPS) is 19.0. The molecule has 0 saturated heterocycles. The number of nitrogens with zero attached hydrogens (tertiary/aromatic N) is 2. The topological polar surface area (TPSA) is 172 Å². The quantitative estimate of drug-likeness (QED) is 0.216. The molecule has 14 heteroatoms. The van der Waals surface area contributed by atoms with Gasteiger partial charge in [-0.2, -0.15) is 21.4 Å². The maximum absolute atomic E-state index is 11.8. The summed E-state index contributed by atoms with van der Waals surface area (Å²) in [7, 11) is -13.2. The monoisotopic (exact) mass is 652 g/mol. The van der Waals surface area contributed by atoms with Crippen LogP contribution in [0.1, 0.15) is 58.6 Å². The van der Waals surface area contributed by atoms with E-state index in [-0.39, 0.29) is 22.0 Å². The highest BCUT2D eigenvalue weighted by Crippen LogP contribution is 2.48. The van der Waals surface area contributed by atoms with E-state index in [1.165, 1.54) is 24.3 Å². The zero-order valence-corrected chi connectivity index (χ0v) is 27.1. The molecule has 0 unspecified atom stereocenters. The molecule has 234 valence electrons. The summed E-state index contributed by atoms with van der Waals surface area (Å²) in [5, 5.41) is 0. The lowest BCUT2D eigenvalue weighted by atomic mass is 9.81. The Bertz CT molecular complexity index is 1890. The van der Waals surface area contributed by atoms with Crippen molar-refractivity contribution >= 4 is 47.4 Å². The second-order valence-electron chi connectivity index (χ2n) is 11.7. The Labute approximate surface area is 253 Å². The van der Waals surface area contributed by atoms with Crippen molar-refractivity contribution in [3.8, 4) is 0 Å². The van der Waals surface area contributed by atoms with Crippen LogP contribution in [0.2, 0.25) is 0 Å². The average Bonchev–Trinajstić information content (AvgIpc) is 3.23. The molecule has 0 atom stereocenters. The van der Waals surface area contributed by atoms with Gasteiger partial charge < -0.3 is 9.45 Å². The molecule has 0 spiro atoms. The molecule has 2 aromatic rings. The van der Waals surface area contributed by atoms with Crippen LogP contribution in [-0.4, -0.2) is 68.0 Å². The van der Waals surface area contributed by atoms with E-state index in [0.717, 1.165) is 22.7 Å². The van der Waals surface area contributed by atoms with Crippen LogP contribution in [0, 0.1) is 0 Å². The van der Waals surface area contributed by atoms with Gasteiger partial charge in [0.1, 0.15) is 16.7 Å². The largest absolute Gasteiger partial charge is 0.744 e. The van der Waals surface area contributed by atoms with Crippen LogP contribution in [0.4, 0.5) is 11.4 Å². The number of hydrogen-bond acceptors (Lipinski definition) is 8. The van der Waals surface area contributed by atoms with Crippen LogP contribution >= 0.6 is 0 Å². The lowest BCUT2D eigenvalue weighted by Gasteiger charge is -2.25. The molecule has 2 aliphatic heterocycles. The summed E-state index contributed by atoms with van der Waals surface area (Å²) in [6.45, 7) is 10.7. The minimum absolute atomic E-state index is 0.183. The van der Waals surface area contributed by atoms with Gasteiger partial charge in [0.05, 0.1) is 21.0 Å². The van der Waals surface area contributed by atoms with Gasteiger partial charge in [0.15, 0.2) is 5.71 Å². The second kappa shape index (κ2) is 11.2. The first-order chi connectivity index (χ1) is 19.7. The summed E-state index contributed by atoms with van der Waals surface area (Å²) in [6, 6.07) is 8.75. The molecule has 0 aliphatic carbocycles. The molecule has 0 fully saturated rings. The van der Waals surface area contributed by atoms with Gasteiger partial charge in [0.2, 0.25) is 5.69 Å². The van der Waals surface area contributed by atoms with Crippen molar-refractivity contribution in [2.24, 2.45) is 0 Å². The van der Waals surface area contributed by atoms with Gasteiger partial charge in [-0.3, -0.25) is 9.11 Å². The number of benzene rings is 2. The Morgan fingerprint density at radius 3 is 2.09 bits per heavy atom. The lowest BCUT2D eigenvalue weighted by molar-refractivity contribution is -0.438. The van der Waals surface area contributed by atoms with Gasteiger partial charge in [-0.15, -0.1) is 0 Å². The number of likely N-dealkylation sites (N-methyl/N-ethyl adjacent to an activating group) is 1. The predicted octanol–water partition coefficient (Wildman–Crippen LogP) is 4.14. The maximum atomic E-state index is 11.8. The van der Waals surface area contributed by atoms with Crippen molar-refractivity contribution in [2.75, 3.05) is 23.7 Å². The van der Waals surface area contributed by atoms with Crippen LogP contribution in [0.25, 0.3) is 0 Å². The number of allylic oxidation sites excluding steroid dienone is 4. The molecule has 2 aromatic carbocycles. The number of hydrogen-bond donors (Lipinski definition) is 2. The van der Waals surface area contributed by atoms with E-state index in [1.54, 1.807) is 12.1 Å². The molecular weight excluding hydrogens is 617 g/mol. The van der Waals surface area contributed by atoms with E-state index in [4.69, 9.17) is 4.55 Å². The maximum Gasteiger partial charge on any atom is 0.294 e. The van der Waals surface area contributed by atoms with Gasteiger partial charge in [-0.1, -0.05) is 19.9 Å². The van der Waals surface area contributed by atoms with Crippen molar-refractivity contribution in [2.45, 2.75) is 68.1 Å². The molecule has 2 N–H and O–H groups in total. The third-order valence-electron chi connectivity index (χ3n) is 8.17. The van der Waals surface area contributed by atoms with E-state index in [2.05, 4.69) is 4.90 Å². The van der Waals surface area contributed by atoms with Crippen LogP contribution in [0.5, 0.6) is 0 Å². The third-order valence-corrected chi connectivity index (χ3v) is 10.7. The average molecular weight is 653 g/mol. The standard InChI is InChI=1S/C29H36N2O9S3/c1-6-30-24-14-12-20(42(35,36)37)18-22(24)28(2,3)26(30)10-9-11-27-29(4,5)23-19-21(43(38,39)40)13-15-25(23)31(27)16-7-8-17-41(32,33)34/h9-15,18-19H,6-8,16-17H2,1-5H3,(H2-,32,33,34,35,36,37,38,39,40). The predicted molar refractivity (Wildman–Crippen MR) is 162 cm³/mol. The molecule has 43 heavy (non-hydrogen) atoms. The van der Waals surface area contributed by atoms with Crippen LogP contribution in [0.15, 0.2) is 70.1 Å². The fraction of sp³-hybridized carbons (Fsp3) is 0.414. The van der Waals surface area contributed by atoms with E-state index in [1.807, 2.05) is 57.4 Å². The van der Waals surface area contributed by atoms with Crippen molar-refractivity contribution in [1.82, 2.24) is 0 Å². The number of anilines is 1. The Kier molecular flexibility index (Phi) is 8.63. The highest BCUT2D eigenvalue weighted by atomic mass is 32.2. The van der Waals surface area contributed by atoms with Crippen LogP contribution in [-0.2, 0) is 41.2 Å². The molecular formula is C29H36N2O9S3. The van der Waals surface area contributed by atoms with E-state index < -0.39 is 41.2 Å². The fourth-order valence-electron chi connectivity index (χ4n) is 5.99. The zero-order valence-electron chi connectivity index (χ0n) is 24.6. The summed E-state index contributed by atoms with van der Waals surface area (Å²) in [4.78, 5) is 1.54. The highest BCUT2D eigenvalue weighted by molar-refractivity contribution is 7.86. The molecule has 0 bridgehead atoms. The van der Waals surface area contributed by atoms with Crippen LogP contribution < -0.4 is 4.90 Å². The smallest absolute Gasteiger partial charge is 0.294 e. The van der Waals surface area contributed by atoms with Gasteiger partial charge >= 0.3 is 0 Å². The SMILES string of the molecule is CCN1/C(=C/C=C/C2=[N+](CCCCS(=O)(=O)O)c3ccc(S(=O)(=O)[O-])cc3C2(C)C)C(C)(C)c2cc(S(=O)(=O)O)ccc21. The van der Waals surface area contributed by atoms with Gasteiger partial charge in [-0.25, -0.2) is 8.42 Å². The second-order valence-corrected chi connectivity index (χ2v) is 16.1. The lowest BCUT2D eigenvalue weighted by Crippen LogP contribution is -2.28. The Morgan fingerprint density at radius 1 is 0.884 bits per heavy atom.